The Kier molecular flexibility index (Phi) is 7.10. The number of aryl methyl sites for hydroxylation is 4. The molecule has 0 atom stereocenters. The van der Waals surface area contributed by atoms with Crippen molar-refractivity contribution in [1.29, 1.82) is 0 Å². The van der Waals surface area contributed by atoms with Crippen molar-refractivity contribution in [1.82, 2.24) is 0 Å². The van der Waals surface area contributed by atoms with Crippen LogP contribution in [0, 0.1) is 13.8 Å². The summed E-state index contributed by atoms with van der Waals surface area (Å²) >= 11 is 0. The van der Waals surface area contributed by atoms with E-state index in [9.17, 15) is 0 Å². The molecule has 0 saturated carbocycles. The maximum Gasteiger partial charge on any atom is 0.0363 e. The average Bonchev–Trinajstić information content (AvgIpc) is 2.75. The number of rotatable bonds is 7. The van der Waals surface area contributed by atoms with Crippen molar-refractivity contribution in [3.8, 4) is 0 Å². The standard InChI is InChI=1S/C29H38N2/c1-9-22-18-24(30(5)6)12-15-27(22)29(26-14-11-20(3)17-21(26)4)28-16-13-25(31(7)8)19-23(28)10-2/h11-19,29H,9-10H2,1-8H3. The Hall–Kier alpha value is -2.74. The monoisotopic (exact) mass is 414 g/mol. The molecule has 31 heavy (non-hydrogen) atoms. The Bertz CT molecular complexity index is 987. The molecule has 0 aliphatic rings. The lowest BCUT2D eigenvalue weighted by Crippen LogP contribution is -2.14. The van der Waals surface area contributed by atoms with Crippen molar-refractivity contribution in [3.63, 3.8) is 0 Å². The first-order valence-corrected chi connectivity index (χ1v) is 11.4. The molecule has 2 nitrogen and oxygen atoms in total. The fourth-order valence-electron chi connectivity index (χ4n) is 4.57. The summed E-state index contributed by atoms with van der Waals surface area (Å²) < 4.78 is 0. The lowest BCUT2D eigenvalue weighted by Gasteiger charge is -2.27. The van der Waals surface area contributed by atoms with Gasteiger partial charge in [-0.25, -0.2) is 0 Å². The molecule has 0 saturated heterocycles. The van der Waals surface area contributed by atoms with Crippen molar-refractivity contribution in [2.45, 2.75) is 46.5 Å². The highest BCUT2D eigenvalue weighted by atomic mass is 15.1. The Morgan fingerprint density at radius 3 is 1.45 bits per heavy atom. The SMILES string of the molecule is CCc1cc(N(C)C)ccc1C(c1ccc(C)cc1C)c1ccc(N(C)C)cc1CC. The van der Waals surface area contributed by atoms with E-state index in [1.807, 2.05) is 0 Å². The highest BCUT2D eigenvalue weighted by Gasteiger charge is 2.24. The smallest absolute Gasteiger partial charge is 0.0363 e. The van der Waals surface area contributed by atoms with Gasteiger partial charge in [0.1, 0.15) is 0 Å². The largest absolute Gasteiger partial charge is 0.378 e. The van der Waals surface area contributed by atoms with Gasteiger partial charge < -0.3 is 9.80 Å². The minimum Gasteiger partial charge on any atom is -0.378 e. The maximum atomic E-state index is 2.37. The Morgan fingerprint density at radius 2 is 1.06 bits per heavy atom. The Labute approximate surface area is 189 Å². The molecule has 0 amide bonds. The van der Waals surface area contributed by atoms with E-state index in [1.165, 1.54) is 50.3 Å². The van der Waals surface area contributed by atoms with Crippen LogP contribution in [0.25, 0.3) is 0 Å². The number of hydrogen-bond donors (Lipinski definition) is 0. The quantitative estimate of drug-likeness (QED) is 0.395. The summed E-state index contributed by atoms with van der Waals surface area (Å²) in [5, 5.41) is 0. The molecule has 3 aromatic rings. The molecule has 0 fully saturated rings. The van der Waals surface area contributed by atoms with Gasteiger partial charge in [-0.1, -0.05) is 49.7 Å². The summed E-state index contributed by atoms with van der Waals surface area (Å²) in [4.78, 5) is 4.39. The zero-order valence-electron chi connectivity index (χ0n) is 20.6. The normalized spacial score (nSPS) is 11.1. The van der Waals surface area contributed by atoms with Crippen molar-refractivity contribution in [2.75, 3.05) is 38.0 Å². The predicted octanol–water partition coefficient (Wildman–Crippen LogP) is 6.74. The summed E-state index contributed by atoms with van der Waals surface area (Å²) in [5.41, 5.74) is 12.3. The Morgan fingerprint density at radius 1 is 0.613 bits per heavy atom. The first-order valence-electron chi connectivity index (χ1n) is 11.4. The fraction of sp³-hybridized carbons (Fsp3) is 0.379. The highest BCUT2D eigenvalue weighted by Crippen LogP contribution is 2.39. The molecule has 0 spiro atoms. The van der Waals surface area contributed by atoms with Crippen LogP contribution in [0.3, 0.4) is 0 Å². The van der Waals surface area contributed by atoms with Crippen molar-refractivity contribution in [2.24, 2.45) is 0 Å². The molecule has 0 heterocycles. The minimum absolute atomic E-state index is 0.234. The van der Waals surface area contributed by atoms with Gasteiger partial charge in [-0.15, -0.1) is 0 Å². The highest BCUT2D eigenvalue weighted by molar-refractivity contribution is 5.59. The van der Waals surface area contributed by atoms with Crippen LogP contribution >= 0.6 is 0 Å². The maximum absolute atomic E-state index is 2.37. The molecule has 3 aromatic carbocycles. The van der Waals surface area contributed by atoms with Gasteiger partial charge in [0, 0.05) is 45.5 Å². The predicted molar refractivity (Wildman–Crippen MR) is 137 cm³/mol. The summed E-state index contributed by atoms with van der Waals surface area (Å²) in [6.45, 7) is 8.98. The third kappa shape index (κ3) is 4.79. The second-order valence-corrected chi connectivity index (χ2v) is 9.06. The lowest BCUT2D eigenvalue weighted by molar-refractivity contribution is 0.899. The number of benzene rings is 3. The van der Waals surface area contributed by atoms with E-state index in [4.69, 9.17) is 0 Å². The van der Waals surface area contributed by atoms with Crippen molar-refractivity contribution < 1.29 is 0 Å². The van der Waals surface area contributed by atoms with E-state index in [1.54, 1.807) is 0 Å². The second-order valence-electron chi connectivity index (χ2n) is 9.06. The van der Waals surface area contributed by atoms with E-state index in [0.717, 1.165) is 12.8 Å². The minimum atomic E-state index is 0.234. The molecule has 0 unspecified atom stereocenters. The van der Waals surface area contributed by atoms with Gasteiger partial charge in [0.25, 0.3) is 0 Å². The molecule has 0 bridgehead atoms. The zero-order chi connectivity index (χ0) is 22.7. The summed E-state index contributed by atoms with van der Waals surface area (Å²) in [6.07, 6.45) is 2.05. The van der Waals surface area contributed by atoms with Crippen molar-refractivity contribution >= 4 is 11.4 Å². The van der Waals surface area contributed by atoms with Gasteiger partial charge in [-0.3, -0.25) is 0 Å². The fourth-order valence-corrected chi connectivity index (χ4v) is 4.57. The van der Waals surface area contributed by atoms with Crippen LogP contribution in [0.4, 0.5) is 11.4 Å². The second kappa shape index (κ2) is 9.60. The van der Waals surface area contributed by atoms with Gasteiger partial charge >= 0.3 is 0 Å². The molecular weight excluding hydrogens is 376 g/mol. The number of nitrogens with zero attached hydrogens (tertiary/aromatic N) is 2. The molecule has 0 aliphatic carbocycles. The first kappa shape index (κ1) is 22.9. The zero-order valence-corrected chi connectivity index (χ0v) is 20.6. The van der Waals surface area contributed by atoms with Crippen LogP contribution < -0.4 is 9.80 Å². The molecule has 164 valence electrons. The van der Waals surface area contributed by atoms with Gasteiger partial charge in [-0.2, -0.15) is 0 Å². The molecule has 0 aromatic heterocycles. The summed E-state index contributed by atoms with van der Waals surface area (Å²) in [6, 6.07) is 20.9. The van der Waals surface area contributed by atoms with Gasteiger partial charge in [0.15, 0.2) is 0 Å². The van der Waals surface area contributed by atoms with Crippen LogP contribution in [-0.4, -0.2) is 28.2 Å². The molecule has 0 N–H and O–H groups in total. The van der Waals surface area contributed by atoms with E-state index < -0.39 is 0 Å². The van der Waals surface area contributed by atoms with E-state index >= 15 is 0 Å². The van der Waals surface area contributed by atoms with Crippen LogP contribution in [-0.2, 0) is 12.8 Å². The molecule has 2 heteroatoms. The number of anilines is 2. The molecule has 0 radical (unpaired) electrons. The average molecular weight is 415 g/mol. The van der Waals surface area contributed by atoms with Gasteiger partial charge in [0.2, 0.25) is 0 Å². The summed E-state index contributed by atoms with van der Waals surface area (Å²) in [5.74, 6) is 0.234. The van der Waals surface area contributed by atoms with Crippen LogP contribution in [0.1, 0.15) is 58.7 Å². The van der Waals surface area contributed by atoms with E-state index in [2.05, 4.69) is 120 Å². The molecular formula is C29H38N2. The van der Waals surface area contributed by atoms with Gasteiger partial charge in [0.05, 0.1) is 0 Å². The van der Waals surface area contributed by atoms with E-state index in [0.29, 0.717) is 0 Å². The van der Waals surface area contributed by atoms with Gasteiger partial charge in [-0.05, 0) is 84.3 Å². The number of hydrogen-bond acceptors (Lipinski definition) is 2. The Balaban J connectivity index is 2.30. The summed E-state index contributed by atoms with van der Waals surface area (Å²) in [7, 11) is 8.47. The topological polar surface area (TPSA) is 6.48 Å². The van der Waals surface area contributed by atoms with Crippen LogP contribution in [0.2, 0.25) is 0 Å². The van der Waals surface area contributed by atoms with Crippen LogP contribution in [0.15, 0.2) is 54.6 Å². The molecule has 3 rings (SSSR count). The molecule has 0 aliphatic heterocycles. The lowest BCUT2D eigenvalue weighted by atomic mass is 9.78. The van der Waals surface area contributed by atoms with Crippen molar-refractivity contribution in [3.05, 3.63) is 93.5 Å². The third-order valence-electron chi connectivity index (χ3n) is 6.41. The third-order valence-corrected chi connectivity index (χ3v) is 6.41. The van der Waals surface area contributed by atoms with Crippen LogP contribution in [0.5, 0.6) is 0 Å². The first-order chi connectivity index (χ1) is 14.8. The van der Waals surface area contributed by atoms with E-state index in [-0.39, 0.29) is 5.92 Å².